The second kappa shape index (κ2) is 8.48. The zero-order valence-corrected chi connectivity index (χ0v) is 14.7. The third kappa shape index (κ3) is 5.46. The third-order valence-electron chi connectivity index (χ3n) is 3.57. The summed E-state index contributed by atoms with van der Waals surface area (Å²) in [5.41, 5.74) is 1.87. The van der Waals surface area contributed by atoms with Gasteiger partial charge in [-0.3, -0.25) is 9.59 Å². The van der Waals surface area contributed by atoms with Crippen LogP contribution in [-0.4, -0.2) is 36.9 Å². The molecule has 0 aliphatic heterocycles. The predicted octanol–water partition coefficient (Wildman–Crippen LogP) is 3.30. The molecule has 2 aromatic carbocycles. The standard InChI is InChI=1S/C18H19ClFN3O2/c1-12-9-13(20)7-8-15(12)21-10-18(25)23(2)11-17(24)22-16-6-4-3-5-14(16)19/h3-9,21H,10-11H2,1-2H3,(H,22,24). The molecule has 2 aromatic rings. The molecule has 0 aromatic heterocycles. The lowest BCUT2D eigenvalue weighted by molar-refractivity contribution is -0.131. The van der Waals surface area contributed by atoms with Crippen LogP contribution in [0.5, 0.6) is 0 Å². The molecule has 0 unspecified atom stereocenters. The SMILES string of the molecule is Cc1cc(F)ccc1NCC(=O)N(C)CC(=O)Nc1ccccc1Cl. The highest BCUT2D eigenvalue weighted by Gasteiger charge is 2.14. The number of aryl methyl sites for hydroxylation is 1. The van der Waals surface area contributed by atoms with Gasteiger partial charge in [-0.25, -0.2) is 4.39 Å². The molecule has 0 atom stereocenters. The summed E-state index contributed by atoms with van der Waals surface area (Å²) in [4.78, 5) is 25.5. The van der Waals surface area contributed by atoms with Gasteiger partial charge >= 0.3 is 0 Å². The molecule has 0 saturated heterocycles. The molecular weight excluding hydrogens is 345 g/mol. The summed E-state index contributed by atoms with van der Waals surface area (Å²) in [6.45, 7) is 1.65. The second-order valence-corrected chi connectivity index (χ2v) is 6.00. The molecule has 25 heavy (non-hydrogen) atoms. The summed E-state index contributed by atoms with van der Waals surface area (Å²) in [5, 5.41) is 6.03. The zero-order valence-electron chi connectivity index (χ0n) is 14.0. The Morgan fingerprint density at radius 1 is 1.16 bits per heavy atom. The summed E-state index contributed by atoms with van der Waals surface area (Å²) < 4.78 is 13.1. The first kappa shape index (κ1) is 18.7. The van der Waals surface area contributed by atoms with E-state index in [1.54, 1.807) is 37.3 Å². The van der Waals surface area contributed by atoms with E-state index >= 15 is 0 Å². The molecule has 0 aliphatic carbocycles. The number of benzene rings is 2. The van der Waals surface area contributed by atoms with E-state index in [1.807, 2.05) is 0 Å². The number of amides is 2. The number of carbonyl (C=O) groups is 2. The quantitative estimate of drug-likeness (QED) is 0.827. The van der Waals surface area contributed by atoms with Gasteiger partial charge in [0, 0.05) is 12.7 Å². The third-order valence-corrected chi connectivity index (χ3v) is 3.90. The maximum atomic E-state index is 13.1. The van der Waals surface area contributed by atoms with Crippen molar-refractivity contribution in [2.75, 3.05) is 30.8 Å². The van der Waals surface area contributed by atoms with Gasteiger partial charge < -0.3 is 15.5 Å². The van der Waals surface area contributed by atoms with Crippen LogP contribution in [0.25, 0.3) is 0 Å². The average molecular weight is 364 g/mol. The smallest absolute Gasteiger partial charge is 0.244 e. The van der Waals surface area contributed by atoms with E-state index in [-0.39, 0.29) is 30.7 Å². The van der Waals surface area contributed by atoms with Crippen LogP contribution in [0.15, 0.2) is 42.5 Å². The number of halogens is 2. The van der Waals surface area contributed by atoms with Crippen molar-refractivity contribution in [3.05, 3.63) is 58.9 Å². The van der Waals surface area contributed by atoms with Gasteiger partial charge in [-0.2, -0.15) is 0 Å². The fourth-order valence-corrected chi connectivity index (χ4v) is 2.37. The number of likely N-dealkylation sites (N-methyl/N-ethyl adjacent to an activating group) is 1. The van der Waals surface area contributed by atoms with E-state index in [0.29, 0.717) is 22.0 Å². The van der Waals surface area contributed by atoms with E-state index in [0.717, 1.165) is 0 Å². The highest BCUT2D eigenvalue weighted by atomic mass is 35.5. The Morgan fingerprint density at radius 2 is 1.88 bits per heavy atom. The first-order valence-electron chi connectivity index (χ1n) is 7.65. The van der Waals surface area contributed by atoms with Crippen LogP contribution >= 0.6 is 11.6 Å². The Morgan fingerprint density at radius 3 is 2.56 bits per heavy atom. The van der Waals surface area contributed by atoms with Crippen LogP contribution in [0.1, 0.15) is 5.56 Å². The minimum atomic E-state index is -0.345. The summed E-state index contributed by atoms with van der Waals surface area (Å²) in [6.07, 6.45) is 0. The van der Waals surface area contributed by atoms with Crippen molar-refractivity contribution in [1.29, 1.82) is 0 Å². The maximum absolute atomic E-state index is 13.1. The van der Waals surface area contributed by atoms with E-state index in [9.17, 15) is 14.0 Å². The van der Waals surface area contributed by atoms with Crippen molar-refractivity contribution in [2.24, 2.45) is 0 Å². The van der Waals surface area contributed by atoms with E-state index in [1.165, 1.54) is 24.1 Å². The molecule has 0 aliphatic rings. The van der Waals surface area contributed by atoms with Gasteiger partial charge in [-0.05, 0) is 42.8 Å². The molecule has 2 amide bonds. The molecule has 2 rings (SSSR count). The largest absolute Gasteiger partial charge is 0.376 e. The summed E-state index contributed by atoms with van der Waals surface area (Å²) >= 11 is 5.98. The summed E-state index contributed by atoms with van der Waals surface area (Å²) in [5.74, 6) is -0.942. The molecule has 0 fully saturated rings. The average Bonchev–Trinajstić information content (AvgIpc) is 2.55. The lowest BCUT2D eigenvalue weighted by Gasteiger charge is -2.18. The number of nitrogens with zero attached hydrogens (tertiary/aromatic N) is 1. The first-order valence-corrected chi connectivity index (χ1v) is 8.03. The Hall–Kier alpha value is -2.60. The van der Waals surface area contributed by atoms with Crippen molar-refractivity contribution in [3.63, 3.8) is 0 Å². The van der Waals surface area contributed by atoms with Crippen LogP contribution in [-0.2, 0) is 9.59 Å². The molecule has 0 bridgehead atoms. The summed E-state index contributed by atoms with van der Waals surface area (Å²) in [6, 6.07) is 11.1. The van der Waals surface area contributed by atoms with Crippen LogP contribution in [0.4, 0.5) is 15.8 Å². The van der Waals surface area contributed by atoms with Crippen LogP contribution in [0, 0.1) is 12.7 Å². The normalized spacial score (nSPS) is 10.2. The Labute approximate surface area is 150 Å². The lowest BCUT2D eigenvalue weighted by Crippen LogP contribution is -2.38. The Bertz CT molecular complexity index is 783. The minimum absolute atomic E-state index is 0.00233. The molecule has 0 radical (unpaired) electrons. The molecule has 0 spiro atoms. The van der Waals surface area contributed by atoms with Gasteiger partial charge in [-0.1, -0.05) is 23.7 Å². The van der Waals surface area contributed by atoms with Crippen LogP contribution in [0.3, 0.4) is 0 Å². The van der Waals surface area contributed by atoms with Gasteiger partial charge in [0.25, 0.3) is 0 Å². The molecule has 132 valence electrons. The number of para-hydroxylation sites is 1. The topological polar surface area (TPSA) is 61.4 Å². The van der Waals surface area contributed by atoms with Gasteiger partial charge in [-0.15, -0.1) is 0 Å². The van der Waals surface area contributed by atoms with Crippen molar-refractivity contribution >= 4 is 34.8 Å². The first-order chi connectivity index (χ1) is 11.9. The monoisotopic (exact) mass is 363 g/mol. The van der Waals surface area contributed by atoms with Crippen LogP contribution < -0.4 is 10.6 Å². The summed E-state index contributed by atoms with van der Waals surface area (Å²) in [7, 11) is 1.54. The fraction of sp³-hybridized carbons (Fsp3) is 0.222. The van der Waals surface area contributed by atoms with Crippen molar-refractivity contribution in [3.8, 4) is 0 Å². The molecule has 7 heteroatoms. The number of anilines is 2. The van der Waals surface area contributed by atoms with E-state index < -0.39 is 0 Å². The van der Waals surface area contributed by atoms with Gasteiger partial charge in [0.15, 0.2) is 0 Å². The highest BCUT2D eigenvalue weighted by molar-refractivity contribution is 6.33. The van der Waals surface area contributed by atoms with E-state index in [4.69, 9.17) is 11.6 Å². The minimum Gasteiger partial charge on any atom is -0.376 e. The number of carbonyl (C=O) groups excluding carboxylic acids is 2. The second-order valence-electron chi connectivity index (χ2n) is 5.59. The van der Waals surface area contributed by atoms with Gasteiger partial charge in [0.1, 0.15) is 5.82 Å². The predicted molar refractivity (Wildman–Crippen MR) is 97.3 cm³/mol. The lowest BCUT2D eigenvalue weighted by atomic mass is 10.2. The van der Waals surface area contributed by atoms with Crippen molar-refractivity contribution < 1.29 is 14.0 Å². The van der Waals surface area contributed by atoms with Gasteiger partial charge in [0.05, 0.1) is 23.8 Å². The van der Waals surface area contributed by atoms with Crippen LogP contribution in [0.2, 0.25) is 5.02 Å². The Balaban J connectivity index is 1.85. The molecule has 2 N–H and O–H groups in total. The molecule has 5 nitrogen and oxygen atoms in total. The number of hydrogen-bond acceptors (Lipinski definition) is 3. The van der Waals surface area contributed by atoms with Gasteiger partial charge in [0.2, 0.25) is 11.8 Å². The molecule has 0 saturated carbocycles. The molecule has 0 heterocycles. The fourth-order valence-electron chi connectivity index (χ4n) is 2.19. The zero-order chi connectivity index (χ0) is 18.4. The van der Waals surface area contributed by atoms with E-state index in [2.05, 4.69) is 10.6 Å². The maximum Gasteiger partial charge on any atom is 0.244 e. The highest BCUT2D eigenvalue weighted by Crippen LogP contribution is 2.20. The van der Waals surface area contributed by atoms with Crippen molar-refractivity contribution in [1.82, 2.24) is 4.90 Å². The number of nitrogens with one attached hydrogen (secondary N) is 2. The van der Waals surface area contributed by atoms with Crippen molar-refractivity contribution in [2.45, 2.75) is 6.92 Å². The number of rotatable bonds is 6. The Kier molecular flexibility index (Phi) is 6.36. The number of hydrogen-bond donors (Lipinski definition) is 2. The molecular formula is C18H19ClFN3O2.